The number of piperidine rings is 2. The summed E-state index contributed by atoms with van der Waals surface area (Å²) in [5.74, 6) is 0.704. The second kappa shape index (κ2) is 11.6. The average molecular weight is 500 g/mol. The Hall–Kier alpha value is -2.61. The van der Waals surface area contributed by atoms with Gasteiger partial charge in [0.25, 0.3) is 11.8 Å². The van der Waals surface area contributed by atoms with Crippen LogP contribution in [0.3, 0.4) is 0 Å². The monoisotopic (exact) mass is 499 g/mol. The van der Waals surface area contributed by atoms with Crippen molar-refractivity contribution in [2.24, 2.45) is 5.92 Å². The quantitative estimate of drug-likeness (QED) is 0.621. The molecule has 3 amide bonds. The van der Waals surface area contributed by atoms with E-state index in [1.54, 1.807) is 24.3 Å². The minimum atomic E-state index is -0.0368. The molecule has 4 rings (SSSR count). The Morgan fingerprint density at radius 1 is 0.861 bits per heavy atom. The molecule has 198 valence electrons. The highest BCUT2D eigenvalue weighted by Crippen LogP contribution is 2.25. The molecule has 3 fully saturated rings. The molecular weight excluding hydrogens is 458 g/mol. The minimum Gasteiger partial charge on any atom is -0.484 e. The van der Waals surface area contributed by atoms with Crippen molar-refractivity contribution in [3.05, 3.63) is 29.8 Å². The van der Waals surface area contributed by atoms with Gasteiger partial charge in [0, 0.05) is 49.7 Å². The molecule has 3 heterocycles. The summed E-state index contributed by atoms with van der Waals surface area (Å²) in [5, 5.41) is 0. The molecule has 0 saturated carbocycles. The molecule has 0 spiro atoms. The van der Waals surface area contributed by atoms with Gasteiger partial charge < -0.3 is 24.2 Å². The summed E-state index contributed by atoms with van der Waals surface area (Å²) < 4.78 is 11.5. The molecular formula is C28H41N3O5. The van der Waals surface area contributed by atoms with E-state index in [1.807, 2.05) is 28.5 Å². The lowest BCUT2D eigenvalue weighted by Crippen LogP contribution is -2.51. The van der Waals surface area contributed by atoms with Crippen molar-refractivity contribution in [2.45, 2.75) is 84.1 Å². The summed E-state index contributed by atoms with van der Waals surface area (Å²) in [5.41, 5.74) is 0.590. The summed E-state index contributed by atoms with van der Waals surface area (Å²) in [6.07, 6.45) is 4.70. The molecule has 36 heavy (non-hydrogen) atoms. The summed E-state index contributed by atoms with van der Waals surface area (Å²) in [7, 11) is 0. The van der Waals surface area contributed by atoms with Crippen LogP contribution in [0, 0.1) is 5.92 Å². The lowest BCUT2D eigenvalue weighted by atomic mass is 9.94. The third-order valence-corrected chi connectivity index (χ3v) is 7.81. The summed E-state index contributed by atoms with van der Waals surface area (Å²) >= 11 is 0. The van der Waals surface area contributed by atoms with Gasteiger partial charge in [-0.05, 0) is 84.1 Å². The molecule has 0 aliphatic carbocycles. The molecule has 0 N–H and O–H groups in total. The molecule has 3 aliphatic heterocycles. The normalized spacial score (nSPS) is 27.6. The smallest absolute Gasteiger partial charge is 0.260 e. The second-order valence-corrected chi connectivity index (χ2v) is 10.8. The lowest BCUT2D eigenvalue weighted by molar-refractivity contribution is -0.148. The first-order valence-electron chi connectivity index (χ1n) is 13.5. The molecule has 4 atom stereocenters. The molecule has 0 aromatic heterocycles. The van der Waals surface area contributed by atoms with Gasteiger partial charge in [-0.1, -0.05) is 0 Å². The molecule has 3 aliphatic rings. The van der Waals surface area contributed by atoms with Crippen LogP contribution in [-0.2, 0) is 14.3 Å². The number of carbonyl (C=O) groups excluding carboxylic acids is 3. The van der Waals surface area contributed by atoms with E-state index < -0.39 is 0 Å². The Morgan fingerprint density at radius 2 is 1.44 bits per heavy atom. The van der Waals surface area contributed by atoms with E-state index >= 15 is 0 Å². The van der Waals surface area contributed by atoms with Crippen molar-refractivity contribution < 1.29 is 23.9 Å². The maximum Gasteiger partial charge on any atom is 0.260 e. The van der Waals surface area contributed by atoms with Gasteiger partial charge in [0.2, 0.25) is 5.91 Å². The highest BCUT2D eigenvalue weighted by molar-refractivity contribution is 5.94. The number of ether oxygens (including phenoxy) is 2. The van der Waals surface area contributed by atoms with Gasteiger partial charge >= 0.3 is 0 Å². The number of hydrogen-bond donors (Lipinski definition) is 0. The highest BCUT2D eigenvalue weighted by Gasteiger charge is 2.34. The van der Waals surface area contributed by atoms with Crippen molar-refractivity contribution in [3.63, 3.8) is 0 Å². The predicted octanol–water partition coefficient (Wildman–Crippen LogP) is 3.34. The van der Waals surface area contributed by atoms with Crippen LogP contribution < -0.4 is 4.74 Å². The Balaban J connectivity index is 1.25. The molecule has 4 unspecified atom stereocenters. The van der Waals surface area contributed by atoms with E-state index in [9.17, 15) is 14.4 Å². The Kier molecular flexibility index (Phi) is 8.54. The number of nitrogens with zero attached hydrogens (tertiary/aromatic N) is 3. The lowest BCUT2D eigenvalue weighted by Gasteiger charge is -2.39. The summed E-state index contributed by atoms with van der Waals surface area (Å²) in [6, 6.07) is 7.49. The minimum absolute atomic E-state index is 0.00418. The van der Waals surface area contributed by atoms with Crippen LogP contribution >= 0.6 is 0 Å². The standard InChI is InChI=1S/C28H41N3O5/c1-19-6-5-7-20(2)31(19)26(32)18-35-25-10-8-23(9-11-25)27(33)29-14-12-24(13-15-29)28(34)30-16-21(3)36-22(4)17-30/h8-11,19-22,24H,5-7,12-18H2,1-4H3. The van der Waals surface area contributed by atoms with E-state index in [-0.39, 0.29) is 54.5 Å². The summed E-state index contributed by atoms with van der Waals surface area (Å²) in [4.78, 5) is 44.4. The fourth-order valence-corrected chi connectivity index (χ4v) is 5.95. The zero-order valence-corrected chi connectivity index (χ0v) is 22.2. The average Bonchev–Trinajstić information content (AvgIpc) is 2.86. The highest BCUT2D eigenvalue weighted by atomic mass is 16.5. The number of carbonyl (C=O) groups is 3. The van der Waals surface area contributed by atoms with Gasteiger partial charge in [0.05, 0.1) is 12.2 Å². The summed E-state index contributed by atoms with van der Waals surface area (Å²) in [6.45, 7) is 10.6. The fourth-order valence-electron chi connectivity index (χ4n) is 5.95. The van der Waals surface area contributed by atoms with Crippen LogP contribution in [-0.4, -0.2) is 89.5 Å². The van der Waals surface area contributed by atoms with Crippen LogP contribution in [0.25, 0.3) is 0 Å². The van der Waals surface area contributed by atoms with E-state index in [0.717, 1.165) is 19.3 Å². The maximum atomic E-state index is 13.0. The number of amides is 3. The number of rotatable bonds is 5. The van der Waals surface area contributed by atoms with Crippen molar-refractivity contribution in [3.8, 4) is 5.75 Å². The fraction of sp³-hybridized carbons (Fsp3) is 0.679. The van der Waals surface area contributed by atoms with Crippen molar-refractivity contribution >= 4 is 17.7 Å². The van der Waals surface area contributed by atoms with Gasteiger partial charge in [-0.2, -0.15) is 0 Å². The van der Waals surface area contributed by atoms with Gasteiger partial charge in [-0.25, -0.2) is 0 Å². The van der Waals surface area contributed by atoms with Crippen LogP contribution in [0.1, 0.15) is 70.2 Å². The first-order valence-corrected chi connectivity index (χ1v) is 13.5. The van der Waals surface area contributed by atoms with Gasteiger partial charge in [0.1, 0.15) is 5.75 Å². The largest absolute Gasteiger partial charge is 0.484 e. The third-order valence-electron chi connectivity index (χ3n) is 7.81. The number of benzene rings is 1. The van der Waals surface area contributed by atoms with E-state index in [2.05, 4.69) is 13.8 Å². The van der Waals surface area contributed by atoms with E-state index in [4.69, 9.17) is 9.47 Å². The molecule has 0 bridgehead atoms. The Bertz CT molecular complexity index is 908. The van der Waals surface area contributed by atoms with Crippen molar-refractivity contribution in [1.82, 2.24) is 14.7 Å². The number of morpholine rings is 1. The van der Waals surface area contributed by atoms with E-state index in [1.165, 1.54) is 0 Å². The van der Waals surface area contributed by atoms with Crippen LogP contribution in [0.2, 0.25) is 0 Å². The molecule has 0 radical (unpaired) electrons. The van der Waals surface area contributed by atoms with Crippen LogP contribution in [0.5, 0.6) is 5.75 Å². The first-order chi connectivity index (χ1) is 17.2. The number of hydrogen-bond acceptors (Lipinski definition) is 5. The topological polar surface area (TPSA) is 79.4 Å². The third kappa shape index (κ3) is 6.20. The Labute approximate surface area is 214 Å². The number of likely N-dealkylation sites (tertiary alicyclic amines) is 2. The van der Waals surface area contributed by atoms with Gasteiger partial charge in [-0.3, -0.25) is 14.4 Å². The predicted molar refractivity (Wildman–Crippen MR) is 137 cm³/mol. The van der Waals surface area contributed by atoms with Gasteiger partial charge in [-0.15, -0.1) is 0 Å². The molecule has 3 saturated heterocycles. The van der Waals surface area contributed by atoms with Crippen molar-refractivity contribution in [2.75, 3.05) is 32.8 Å². The molecule has 1 aromatic rings. The van der Waals surface area contributed by atoms with Crippen LogP contribution in [0.15, 0.2) is 24.3 Å². The molecule has 8 nitrogen and oxygen atoms in total. The zero-order valence-electron chi connectivity index (χ0n) is 22.2. The zero-order chi connectivity index (χ0) is 25.8. The molecule has 8 heteroatoms. The van der Waals surface area contributed by atoms with Crippen molar-refractivity contribution in [1.29, 1.82) is 0 Å². The van der Waals surface area contributed by atoms with Gasteiger partial charge in [0.15, 0.2) is 6.61 Å². The SMILES string of the molecule is CC1CN(C(=O)C2CCN(C(=O)c3ccc(OCC(=O)N4C(C)CCCC4C)cc3)CC2)CC(C)O1. The van der Waals surface area contributed by atoms with E-state index in [0.29, 0.717) is 50.3 Å². The Morgan fingerprint density at radius 3 is 2.03 bits per heavy atom. The van der Waals surface area contributed by atoms with Crippen LogP contribution in [0.4, 0.5) is 0 Å². The second-order valence-electron chi connectivity index (χ2n) is 10.8. The maximum absolute atomic E-state index is 13.0. The molecule has 1 aromatic carbocycles. The first kappa shape index (κ1) is 26.5.